The molecule has 0 amide bonds. The van der Waals surface area contributed by atoms with Gasteiger partial charge in [-0.3, -0.25) is 0 Å². The maximum Gasteiger partial charge on any atom is 0.119 e. The molecule has 1 aromatic heterocycles. The molecule has 0 saturated heterocycles. The molecule has 3 nitrogen and oxygen atoms in total. The van der Waals surface area contributed by atoms with Gasteiger partial charge in [0.2, 0.25) is 0 Å². The van der Waals surface area contributed by atoms with Crippen LogP contribution in [0.15, 0.2) is 42.6 Å². The molecule has 0 radical (unpaired) electrons. The van der Waals surface area contributed by atoms with E-state index < -0.39 is 0 Å². The first kappa shape index (κ1) is 9.59. The molecule has 18 heavy (non-hydrogen) atoms. The van der Waals surface area contributed by atoms with E-state index in [0.29, 0.717) is 0 Å². The minimum Gasteiger partial charge on any atom is -0.497 e. The highest BCUT2D eigenvalue weighted by Crippen LogP contribution is 2.37. The molecule has 0 aliphatic carbocycles. The van der Waals surface area contributed by atoms with Gasteiger partial charge in [-0.25, -0.2) is 0 Å². The van der Waals surface area contributed by atoms with Crippen molar-refractivity contribution < 1.29 is 4.74 Å². The maximum absolute atomic E-state index is 5.32. The third kappa shape index (κ3) is 1.08. The van der Waals surface area contributed by atoms with Crippen LogP contribution in [-0.2, 0) is 0 Å². The smallest absolute Gasteiger partial charge is 0.119 e. The molecule has 0 fully saturated rings. The van der Waals surface area contributed by atoms with Crippen molar-refractivity contribution in [2.45, 2.75) is 0 Å². The second-order valence-electron chi connectivity index (χ2n) is 4.41. The Labute approximate surface area is 104 Å². The van der Waals surface area contributed by atoms with Crippen molar-refractivity contribution >= 4 is 33.7 Å². The molecule has 0 bridgehead atoms. The van der Waals surface area contributed by atoms with E-state index in [0.717, 1.165) is 11.4 Å². The van der Waals surface area contributed by atoms with Crippen LogP contribution in [-0.4, -0.2) is 11.7 Å². The zero-order valence-corrected chi connectivity index (χ0v) is 9.97. The number of hydrogen-bond donors (Lipinski definition) is 1. The number of nitrogens with one attached hydrogen (secondary N) is 1. The molecule has 3 heteroatoms. The minimum absolute atomic E-state index is 0.892. The number of rotatable bonds is 1. The molecule has 1 N–H and O–H groups in total. The first-order valence-electron chi connectivity index (χ1n) is 5.92. The number of hydrogen-bond acceptors (Lipinski definition) is 2. The van der Waals surface area contributed by atoms with Crippen LogP contribution in [0.2, 0.25) is 0 Å². The molecule has 4 rings (SSSR count). The Morgan fingerprint density at radius 2 is 2.06 bits per heavy atom. The van der Waals surface area contributed by atoms with Gasteiger partial charge < -0.3 is 14.6 Å². The molecule has 0 atom stereocenters. The second kappa shape index (κ2) is 3.29. The number of anilines is 1. The Hall–Kier alpha value is -2.42. The summed E-state index contributed by atoms with van der Waals surface area (Å²) < 4.78 is 7.54. The third-order valence-electron chi connectivity index (χ3n) is 3.49. The second-order valence-corrected chi connectivity index (χ2v) is 4.41. The van der Waals surface area contributed by atoms with E-state index in [2.05, 4.69) is 46.4 Å². The molecular formula is C15H12N2O. The van der Waals surface area contributed by atoms with Gasteiger partial charge in [0, 0.05) is 23.2 Å². The van der Waals surface area contributed by atoms with Crippen LogP contribution < -0.4 is 10.1 Å². The summed E-state index contributed by atoms with van der Waals surface area (Å²) in [5.74, 6) is 0.892. The average Bonchev–Trinajstić information content (AvgIpc) is 2.76. The van der Waals surface area contributed by atoms with Crippen LogP contribution >= 0.6 is 0 Å². The summed E-state index contributed by atoms with van der Waals surface area (Å²) in [4.78, 5) is 0. The Morgan fingerprint density at radius 3 is 2.94 bits per heavy atom. The van der Waals surface area contributed by atoms with Crippen molar-refractivity contribution in [3.05, 3.63) is 42.6 Å². The lowest BCUT2D eigenvalue weighted by molar-refractivity contribution is 0.415. The first-order chi connectivity index (χ1) is 8.88. The van der Waals surface area contributed by atoms with Crippen molar-refractivity contribution in [2.75, 3.05) is 12.4 Å². The van der Waals surface area contributed by atoms with E-state index in [9.17, 15) is 0 Å². The van der Waals surface area contributed by atoms with E-state index in [4.69, 9.17) is 4.74 Å². The van der Waals surface area contributed by atoms with Crippen LogP contribution in [0.1, 0.15) is 0 Å². The quantitative estimate of drug-likeness (QED) is 0.698. The number of fused-ring (bicyclic) bond motifs is 3. The molecule has 3 aromatic rings. The van der Waals surface area contributed by atoms with Crippen LogP contribution in [0.25, 0.3) is 28.0 Å². The van der Waals surface area contributed by atoms with Crippen molar-refractivity contribution in [1.29, 1.82) is 0 Å². The molecule has 88 valence electrons. The fraction of sp³-hybridized carbons (Fsp3) is 0.0667. The number of methoxy groups -OCH3 is 1. The number of para-hydroxylation sites is 1. The van der Waals surface area contributed by atoms with Crippen LogP contribution in [0.4, 0.5) is 5.69 Å². The fourth-order valence-corrected chi connectivity index (χ4v) is 2.68. The van der Waals surface area contributed by atoms with Crippen molar-refractivity contribution in [1.82, 2.24) is 4.57 Å². The highest BCUT2D eigenvalue weighted by Gasteiger charge is 2.14. The summed E-state index contributed by atoms with van der Waals surface area (Å²) >= 11 is 0. The Kier molecular flexibility index (Phi) is 1.75. The fourth-order valence-electron chi connectivity index (χ4n) is 2.68. The summed E-state index contributed by atoms with van der Waals surface area (Å²) in [5, 5.41) is 5.75. The summed E-state index contributed by atoms with van der Waals surface area (Å²) in [6.07, 6.45) is 4.02. The van der Waals surface area contributed by atoms with E-state index in [1.807, 2.05) is 12.3 Å². The number of nitrogens with zero attached hydrogens (tertiary/aromatic N) is 1. The van der Waals surface area contributed by atoms with Gasteiger partial charge in [0.1, 0.15) is 5.75 Å². The number of aromatic nitrogens is 1. The molecule has 0 spiro atoms. The zero-order chi connectivity index (χ0) is 12.1. The third-order valence-corrected chi connectivity index (χ3v) is 3.49. The van der Waals surface area contributed by atoms with Gasteiger partial charge in [0.15, 0.2) is 0 Å². The van der Waals surface area contributed by atoms with Gasteiger partial charge in [0.05, 0.1) is 23.8 Å². The molecule has 1 aliphatic rings. The number of benzene rings is 2. The lowest BCUT2D eigenvalue weighted by Gasteiger charge is -2.11. The number of ether oxygens (including phenoxy) is 1. The summed E-state index contributed by atoms with van der Waals surface area (Å²) in [5.41, 5.74) is 3.57. The SMILES string of the molecule is COc1ccc2c(c1)c1cccc3c1n2C=CN3. The van der Waals surface area contributed by atoms with E-state index >= 15 is 0 Å². The molecule has 2 aromatic carbocycles. The van der Waals surface area contributed by atoms with Gasteiger partial charge in [-0.1, -0.05) is 12.1 Å². The largest absolute Gasteiger partial charge is 0.497 e. The summed E-state index contributed by atoms with van der Waals surface area (Å²) in [6.45, 7) is 0. The van der Waals surface area contributed by atoms with E-state index in [-0.39, 0.29) is 0 Å². The van der Waals surface area contributed by atoms with Gasteiger partial charge in [-0.2, -0.15) is 0 Å². The van der Waals surface area contributed by atoms with Gasteiger partial charge in [0.25, 0.3) is 0 Å². The molecule has 0 unspecified atom stereocenters. The monoisotopic (exact) mass is 236 g/mol. The molecule has 0 saturated carbocycles. The van der Waals surface area contributed by atoms with Crippen molar-refractivity contribution in [3.63, 3.8) is 0 Å². The van der Waals surface area contributed by atoms with Gasteiger partial charge in [-0.15, -0.1) is 0 Å². The summed E-state index contributed by atoms with van der Waals surface area (Å²) in [6, 6.07) is 12.5. The van der Waals surface area contributed by atoms with Gasteiger partial charge >= 0.3 is 0 Å². The van der Waals surface area contributed by atoms with Crippen LogP contribution in [0.3, 0.4) is 0 Å². The van der Waals surface area contributed by atoms with E-state index in [1.165, 1.54) is 21.8 Å². The van der Waals surface area contributed by atoms with Crippen molar-refractivity contribution in [2.24, 2.45) is 0 Å². The predicted molar refractivity (Wildman–Crippen MR) is 74.9 cm³/mol. The Balaban J connectivity index is 2.26. The van der Waals surface area contributed by atoms with E-state index in [1.54, 1.807) is 7.11 Å². The first-order valence-corrected chi connectivity index (χ1v) is 5.92. The topological polar surface area (TPSA) is 26.2 Å². The van der Waals surface area contributed by atoms with Crippen LogP contribution in [0, 0.1) is 0 Å². The molecule has 2 heterocycles. The predicted octanol–water partition coefficient (Wildman–Crippen LogP) is 3.66. The van der Waals surface area contributed by atoms with Crippen LogP contribution in [0.5, 0.6) is 5.75 Å². The molecular weight excluding hydrogens is 224 g/mol. The Bertz CT molecular complexity index is 799. The highest BCUT2D eigenvalue weighted by atomic mass is 16.5. The average molecular weight is 236 g/mol. The normalized spacial score (nSPS) is 12.9. The maximum atomic E-state index is 5.32. The standard InChI is InChI=1S/C15H12N2O/c1-18-10-5-6-14-12(9-10)11-3-2-4-13-15(11)17(14)8-7-16-13/h2-9,16H,1H3. The highest BCUT2D eigenvalue weighted by molar-refractivity contribution is 6.14. The molecule has 1 aliphatic heterocycles. The van der Waals surface area contributed by atoms with Gasteiger partial charge in [-0.05, 0) is 24.3 Å². The lowest BCUT2D eigenvalue weighted by Crippen LogP contribution is -1.98. The van der Waals surface area contributed by atoms with Crippen molar-refractivity contribution in [3.8, 4) is 5.75 Å². The summed E-state index contributed by atoms with van der Waals surface area (Å²) in [7, 11) is 1.70. The zero-order valence-electron chi connectivity index (χ0n) is 9.97. The minimum atomic E-state index is 0.892. The lowest BCUT2D eigenvalue weighted by atomic mass is 10.1. The Morgan fingerprint density at radius 1 is 1.11 bits per heavy atom.